The Hall–Kier alpha value is -1.64. The molecule has 1 unspecified atom stereocenters. The first-order valence-electron chi connectivity index (χ1n) is 6.05. The van der Waals surface area contributed by atoms with Crippen LogP contribution in [0.4, 0.5) is 5.69 Å². The van der Waals surface area contributed by atoms with Crippen molar-refractivity contribution in [3.05, 3.63) is 38.9 Å². The molecular weight excluding hydrogens is 266 g/mol. The standard InChI is InChI=1S/C13H16ClN3O2/c1-3-4-7-16(2)13(9-15)10-5-6-11(14)12(8-10)17(18)19/h5-6,8,13H,3-4,7H2,1-2H3. The Balaban J connectivity index is 3.03. The van der Waals surface area contributed by atoms with E-state index in [4.69, 9.17) is 11.6 Å². The first-order chi connectivity index (χ1) is 9.01. The van der Waals surface area contributed by atoms with Gasteiger partial charge in [-0.05, 0) is 31.6 Å². The summed E-state index contributed by atoms with van der Waals surface area (Å²) in [6, 6.07) is 6.17. The van der Waals surface area contributed by atoms with Gasteiger partial charge in [-0.1, -0.05) is 31.0 Å². The van der Waals surface area contributed by atoms with Crippen molar-refractivity contribution in [1.29, 1.82) is 5.26 Å². The molecule has 0 saturated carbocycles. The summed E-state index contributed by atoms with van der Waals surface area (Å²) in [6.07, 6.45) is 2.01. The number of hydrogen-bond acceptors (Lipinski definition) is 4. The largest absolute Gasteiger partial charge is 0.288 e. The second kappa shape index (κ2) is 7.07. The van der Waals surface area contributed by atoms with E-state index in [0.717, 1.165) is 19.4 Å². The lowest BCUT2D eigenvalue weighted by atomic mass is 10.1. The molecule has 102 valence electrons. The summed E-state index contributed by atoms with van der Waals surface area (Å²) < 4.78 is 0. The van der Waals surface area contributed by atoms with Gasteiger partial charge in [0, 0.05) is 6.07 Å². The van der Waals surface area contributed by atoms with Crippen LogP contribution in [0.2, 0.25) is 5.02 Å². The Morgan fingerprint density at radius 2 is 2.26 bits per heavy atom. The highest BCUT2D eigenvalue weighted by atomic mass is 35.5. The van der Waals surface area contributed by atoms with E-state index in [-0.39, 0.29) is 10.7 Å². The summed E-state index contributed by atoms with van der Waals surface area (Å²) in [5.74, 6) is 0. The van der Waals surface area contributed by atoms with E-state index in [2.05, 4.69) is 13.0 Å². The van der Waals surface area contributed by atoms with Crippen LogP contribution in [0.3, 0.4) is 0 Å². The summed E-state index contributed by atoms with van der Waals surface area (Å²) in [4.78, 5) is 12.2. The van der Waals surface area contributed by atoms with Gasteiger partial charge in [0.15, 0.2) is 0 Å². The molecule has 0 aliphatic carbocycles. The first-order valence-corrected chi connectivity index (χ1v) is 6.42. The minimum absolute atomic E-state index is 0.0849. The number of benzene rings is 1. The fourth-order valence-electron chi connectivity index (χ4n) is 1.80. The number of nitriles is 1. The van der Waals surface area contributed by atoms with Crippen LogP contribution >= 0.6 is 11.6 Å². The molecule has 0 amide bonds. The summed E-state index contributed by atoms with van der Waals surface area (Å²) in [7, 11) is 1.84. The minimum atomic E-state index is -0.535. The van der Waals surface area contributed by atoms with Crippen LogP contribution in [0.5, 0.6) is 0 Å². The van der Waals surface area contributed by atoms with E-state index in [1.54, 1.807) is 6.07 Å². The van der Waals surface area contributed by atoms with Crippen molar-refractivity contribution >= 4 is 17.3 Å². The number of nitro groups is 1. The maximum atomic E-state index is 10.9. The Kier molecular flexibility index (Phi) is 5.74. The molecule has 5 nitrogen and oxygen atoms in total. The Labute approximate surface area is 117 Å². The predicted molar refractivity (Wildman–Crippen MR) is 74.0 cm³/mol. The second-order valence-electron chi connectivity index (χ2n) is 4.33. The van der Waals surface area contributed by atoms with Crippen LogP contribution in [0.15, 0.2) is 18.2 Å². The molecule has 0 aromatic heterocycles. The highest BCUT2D eigenvalue weighted by Gasteiger charge is 2.20. The van der Waals surface area contributed by atoms with Crippen molar-refractivity contribution in [1.82, 2.24) is 4.90 Å². The number of unbranched alkanes of at least 4 members (excludes halogenated alkanes) is 1. The van der Waals surface area contributed by atoms with Crippen LogP contribution < -0.4 is 0 Å². The number of rotatable bonds is 6. The van der Waals surface area contributed by atoms with Gasteiger partial charge in [0.25, 0.3) is 5.69 Å². The topological polar surface area (TPSA) is 70.2 Å². The van der Waals surface area contributed by atoms with Gasteiger partial charge in [0.05, 0.1) is 11.0 Å². The van der Waals surface area contributed by atoms with Crippen molar-refractivity contribution < 1.29 is 4.92 Å². The van der Waals surface area contributed by atoms with Gasteiger partial charge in [-0.15, -0.1) is 0 Å². The molecule has 6 heteroatoms. The molecule has 1 aromatic carbocycles. The molecule has 0 bridgehead atoms. The SMILES string of the molecule is CCCCN(C)C(C#N)c1ccc(Cl)c([N+](=O)[O-])c1. The fourth-order valence-corrected chi connectivity index (χ4v) is 1.99. The quantitative estimate of drug-likeness (QED) is 0.590. The van der Waals surface area contributed by atoms with E-state index in [9.17, 15) is 15.4 Å². The molecule has 0 aliphatic rings. The van der Waals surface area contributed by atoms with Crippen LogP contribution in [0, 0.1) is 21.4 Å². The minimum Gasteiger partial charge on any atom is -0.287 e. The van der Waals surface area contributed by atoms with Crippen molar-refractivity contribution in [3.8, 4) is 6.07 Å². The summed E-state index contributed by atoms with van der Waals surface area (Å²) in [6.45, 7) is 2.84. The highest BCUT2D eigenvalue weighted by molar-refractivity contribution is 6.32. The summed E-state index contributed by atoms with van der Waals surface area (Å²) in [5.41, 5.74) is 0.431. The maximum Gasteiger partial charge on any atom is 0.288 e. The predicted octanol–water partition coefficient (Wildman–Crippen LogP) is 3.54. The molecule has 19 heavy (non-hydrogen) atoms. The van der Waals surface area contributed by atoms with E-state index in [1.165, 1.54) is 12.1 Å². The first kappa shape index (κ1) is 15.4. The summed E-state index contributed by atoms with van der Waals surface area (Å²) >= 11 is 5.76. The van der Waals surface area contributed by atoms with Crippen LogP contribution in [-0.4, -0.2) is 23.4 Å². The van der Waals surface area contributed by atoms with Crippen LogP contribution in [-0.2, 0) is 0 Å². The monoisotopic (exact) mass is 281 g/mol. The van der Waals surface area contributed by atoms with Crippen molar-refractivity contribution in [2.45, 2.75) is 25.8 Å². The van der Waals surface area contributed by atoms with E-state index in [1.807, 2.05) is 11.9 Å². The zero-order chi connectivity index (χ0) is 14.4. The molecule has 1 rings (SSSR count). The number of hydrogen-bond donors (Lipinski definition) is 0. The molecule has 0 saturated heterocycles. The van der Waals surface area contributed by atoms with Crippen LogP contribution in [0.25, 0.3) is 0 Å². The Morgan fingerprint density at radius 1 is 1.58 bits per heavy atom. The number of halogens is 1. The van der Waals surface area contributed by atoms with E-state index in [0.29, 0.717) is 5.56 Å². The average molecular weight is 282 g/mol. The highest BCUT2D eigenvalue weighted by Crippen LogP contribution is 2.29. The third kappa shape index (κ3) is 3.91. The zero-order valence-electron chi connectivity index (χ0n) is 11.0. The van der Waals surface area contributed by atoms with Gasteiger partial charge in [0.1, 0.15) is 11.1 Å². The van der Waals surface area contributed by atoms with Gasteiger partial charge < -0.3 is 0 Å². The van der Waals surface area contributed by atoms with Gasteiger partial charge >= 0.3 is 0 Å². The molecular formula is C13H16ClN3O2. The molecule has 1 aromatic rings. The third-order valence-electron chi connectivity index (χ3n) is 2.91. The van der Waals surface area contributed by atoms with E-state index < -0.39 is 11.0 Å². The molecule has 0 heterocycles. The zero-order valence-corrected chi connectivity index (χ0v) is 11.7. The lowest BCUT2D eigenvalue weighted by Crippen LogP contribution is -2.24. The average Bonchev–Trinajstić information content (AvgIpc) is 2.38. The molecule has 0 aliphatic heterocycles. The third-order valence-corrected chi connectivity index (χ3v) is 3.23. The number of nitrogens with zero attached hydrogens (tertiary/aromatic N) is 3. The van der Waals surface area contributed by atoms with Gasteiger partial charge in [-0.2, -0.15) is 5.26 Å². The molecule has 0 N–H and O–H groups in total. The Morgan fingerprint density at radius 3 is 2.79 bits per heavy atom. The van der Waals surface area contributed by atoms with Crippen molar-refractivity contribution in [2.24, 2.45) is 0 Å². The number of nitro benzene ring substituents is 1. The second-order valence-corrected chi connectivity index (χ2v) is 4.74. The maximum absolute atomic E-state index is 10.9. The molecule has 0 fully saturated rings. The van der Waals surface area contributed by atoms with Crippen molar-refractivity contribution in [2.75, 3.05) is 13.6 Å². The fraction of sp³-hybridized carbons (Fsp3) is 0.462. The Bertz CT molecular complexity index is 499. The smallest absolute Gasteiger partial charge is 0.287 e. The van der Waals surface area contributed by atoms with Gasteiger partial charge in [-0.25, -0.2) is 0 Å². The molecule has 1 atom stereocenters. The normalized spacial score (nSPS) is 12.2. The van der Waals surface area contributed by atoms with E-state index >= 15 is 0 Å². The lowest BCUT2D eigenvalue weighted by molar-refractivity contribution is -0.384. The molecule has 0 spiro atoms. The van der Waals surface area contributed by atoms with Gasteiger partial charge in [-0.3, -0.25) is 15.0 Å². The van der Waals surface area contributed by atoms with Crippen LogP contribution in [0.1, 0.15) is 31.4 Å². The molecule has 0 radical (unpaired) electrons. The van der Waals surface area contributed by atoms with Gasteiger partial charge in [0.2, 0.25) is 0 Å². The lowest BCUT2D eigenvalue weighted by Gasteiger charge is -2.22. The van der Waals surface area contributed by atoms with Crippen molar-refractivity contribution in [3.63, 3.8) is 0 Å². The summed E-state index contributed by atoms with van der Waals surface area (Å²) in [5, 5.41) is 20.2.